The highest BCUT2D eigenvalue weighted by atomic mass is 19.1. The SMILES string of the molecule is O=NN(c1ccc(F)cc1)[C@H](c1ccc(OCc2ccccc2)cc1)[C@@H](CC[C@H](O)c1ccc(F)cc1)C(=O)N1C(=O)OC[C@@H]1c1ccccc1. The van der Waals surface area contributed by atoms with Gasteiger partial charge in [0, 0.05) is 0 Å². The largest absolute Gasteiger partial charge is 0.489 e. The lowest BCUT2D eigenvalue weighted by Gasteiger charge is -2.35. The van der Waals surface area contributed by atoms with Gasteiger partial charge in [0.1, 0.15) is 36.6 Å². The molecule has 5 aromatic rings. The Morgan fingerprint density at radius 1 is 0.824 bits per heavy atom. The number of carbonyl (C=O) groups excluding carboxylic acids is 2. The third-order valence-corrected chi connectivity index (χ3v) is 8.91. The Morgan fingerprint density at radius 2 is 1.41 bits per heavy atom. The van der Waals surface area contributed by atoms with Gasteiger partial charge >= 0.3 is 6.09 Å². The molecule has 6 rings (SSSR count). The number of anilines is 1. The lowest BCUT2D eigenvalue weighted by molar-refractivity contribution is -0.134. The first-order valence-electron chi connectivity index (χ1n) is 16.5. The number of hydrogen-bond acceptors (Lipinski definition) is 7. The molecule has 0 bridgehead atoms. The number of aliphatic hydroxyl groups is 1. The summed E-state index contributed by atoms with van der Waals surface area (Å²) < 4.78 is 39.1. The molecular formula is C40H35F2N3O6. The molecule has 0 radical (unpaired) electrons. The predicted octanol–water partition coefficient (Wildman–Crippen LogP) is 8.62. The molecule has 5 aromatic carbocycles. The van der Waals surface area contributed by atoms with Crippen LogP contribution >= 0.6 is 0 Å². The minimum absolute atomic E-state index is 0.00812. The molecule has 11 heteroatoms. The van der Waals surface area contributed by atoms with E-state index in [9.17, 15) is 28.4 Å². The third-order valence-electron chi connectivity index (χ3n) is 8.91. The summed E-state index contributed by atoms with van der Waals surface area (Å²) in [5.41, 5.74) is 2.71. The van der Waals surface area contributed by atoms with Crippen LogP contribution in [0, 0.1) is 22.5 Å². The molecule has 1 fully saturated rings. The molecule has 1 saturated heterocycles. The van der Waals surface area contributed by atoms with Crippen LogP contribution in [0.5, 0.6) is 5.75 Å². The van der Waals surface area contributed by atoms with Crippen LogP contribution in [0.3, 0.4) is 0 Å². The first-order chi connectivity index (χ1) is 24.8. The van der Waals surface area contributed by atoms with E-state index in [1.807, 2.05) is 36.4 Å². The zero-order chi connectivity index (χ0) is 35.7. The van der Waals surface area contributed by atoms with Crippen LogP contribution in [0.2, 0.25) is 0 Å². The van der Waals surface area contributed by atoms with Gasteiger partial charge in [0.15, 0.2) is 0 Å². The average Bonchev–Trinajstić information content (AvgIpc) is 3.56. The van der Waals surface area contributed by atoms with Gasteiger partial charge in [-0.15, -0.1) is 4.91 Å². The summed E-state index contributed by atoms with van der Waals surface area (Å²) in [6.45, 7) is 0.229. The normalized spacial score (nSPS) is 15.8. The molecule has 0 aliphatic carbocycles. The maximum Gasteiger partial charge on any atom is 0.417 e. The fraction of sp³-hybridized carbons (Fsp3) is 0.200. The Balaban J connectivity index is 1.40. The lowest BCUT2D eigenvalue weighted by Crippen LogP contribution is -2.44. The Bertz CT molecular complexity index is 1910. The number of benzene rings is 5. The van der Waals surface area contributed by atoms with Crippen molar-refractivity contribution in [3.05, 3.63) is 172 Å². The number of amides is 2. The second kappa shape index (κ2) is 16.2. The van der Waals surface area contributed by atoms with Gasteiger partial charge in [-0.05, 0) is 83.6 Å². The Hall–Kier alpha value is -5.94. The van der Waals surface area contributed by atoms with Crippen molar-refractivity contribution in [2.75, 3.05) is 11.6 Å². The summed E-state index contributed by atoms with van der Waals surface area (Å²) in [5.74, 6) is -2.34. The summed E-state index contributed by atoms with van der Waals surface area (Å²) in [6, 6.07) is 33.8. The van der Waals surface area contributed by atoms with E-state index in [1.54, 1.807) is 48.5 Å². The molecule has 260 valence electrons. The van der Waals surface area contributed by atoms with E-state index in [4.69, 9.17) is 9.47 Å². The average molecular weight is 692 g/mol. The zero-order valence-corrected chi connectivity index (χ0v) is 27.4. The molecule has 0 unspecified atom stereocenters. The molecule has 0 spiro atoms. The maximum absolute atomic E-state index is 14.8. The number of rotatable bonds is 14. The van der Waals surface area contributed by atoms with Crippen molar-refractivity contribution in [3.63, 3.8) is 0 Å². The van der Waals surface area contributed by atoms with E-state index < -0.39 is 47.7 Å². The van der Waals surface area contributed by atoms with Crippen molar-refractivity contribution in [2.45, 2.75) is 37.6 Å². The molecule has 0 saturated carbocycles. The standard InChI is InChI=1S/C40H35F2N3O6/c41-31-15-11-29(12-16-31)37(46)24-23-35(39(47)44-36(26-51-40(44)48)28-9-5-2-6-10-28)38(45(43-49)33-19-17-32(42)18-20-33)30-13-21-34(22-14-30)50-25-27-7-3-1-4-8-27/h1-22,35-38,46H,23-26H2/t35-,36-,37+,38-/m1/s1. The summed E-state index contributed by atoms with van der Waals surface area (Å²) in [7, 11) is 0. The van der Waals surface area contributed by atoms with Crippen LogP contribution in [0.4, 0.5) is 19.3 Å². The number of nitrogens with zero attached hydrogens (tertiary/aromatic N) is 3. The van der Waals surface area contributed by atoms with Crippen molar-refractivity contribution < 1.29 is 33.0 Å². The quantitative estimate of drug-likeness (QED) is 0.0918. The van der Waals surface area contributed by atoms with Gasteiger partial charge in [0.05, 0.1) is 29.0 Å². The van der Waals surface area contributed by atoms with Crippen LogP contribution in [-0.4, -0.2) is 28.6 Å². The number of hydrogen-bond donors (Lipinski definition) is 1. The highest BCUT2D eigenvalue weighted by Crippen LogP contribution is 2.41. The van der Waals surface area contributed by atoms with E-state index in [0.29, 0.717) is 29.0 Å². The molecule has 51 heavy (non-hydrogen) atoms. The summed E-state index contributed by atoms with van der Waals surface area (Å²) in [5, 5.41) is 15.6. The summed E-state index contributed by atoms with van der Waals surface area (Å²) in [6.07, 6.45) is -2.03. The van der Waals surface area contributed by atoms with Crippen LogP contribution < -0.4 is 9.75 Å². The second-order valence-corrected chi connectivity index (χ2v) is 12.2. The highest BCUT2D eigenvalue weighted by Gasteiger charge is 2.46. The second-order valence-electron chi connectivity index (χ2n) is 12.2. The van der Waals surface area contributed by atoms with Gasteiger partial charge in [0.25, 0.3) is 0 Å². The Morgan fingerprint density at radius 3 is 2.04 bits per heavy atom. The molecule has 2 amide bonds. The van der Waals surface area contributed by atoms with Crippen LogP contribution in [-0.2, 0) is 16.1 Å². The fourth-order valence-electron chi connectivity index (χ4n) is 6.27. The van der Waals surface area contributed by atoms with E-state index in [1.165, 1.54) is 48.5 Å². The number of aliphatic hydroxyl groups excluding tert-OH is 1. The maximum atomic E-state index is 14.8. The van der Waals surface area contributed by atoms with Crippen LogP contribution in [0.25, 0.3) is 0 Å². The smallest absolute Gasteiger partial charge is 0.417 e. The topological polar surface area (TPSA) is 109 Å². The molecule has 1 aliphatic heterocycles. The molecule has 4 atom stereocenters. The molecular weight excluding hydrogens is 656 g/mol. The number of imide groups is 1. The van der Waals surface area contributed by atoms with Crippen molar-refractivity contribution in [1.82, 2.24) is 4.90 Å². The number of carbonyl (C=O) groups is 2. The fourth-order valence-corrected chi connectivity index (χ4v) is 6.27. The van der Waals surface area contributed by atoms with Gasteiger partial charge in [0.2, 0.25) is 5.91 Å². The van der Waals surface area contributed by atoms with Crippen molar-refractivity contribution in [3.8, 4) is 5.75 Å². The monoisotopic (exact) mass is 691 g/mol. The first kappa shape index (κ1) is 34.9. The number of cyclic esters (lactones) is 1. The van der Waals surface area contributed by atoms with E-state index in [2.05, 4.69) is 5.29 Å². The lowest BCUT2D eigenvalue weighted by atomic mass is 9.85. The van der Waals surface area contributed by atoms with E-state index in [0.717, 1.165) is 15.5 Å². The van der Waals surface area contributed by atoms with Gasteiger partial charge in [-0.1, -0.05) is 84.9 Å². The molecule has 1 aliphatic rings. The zero-order valence-electron chi connectivity index (χ0n) is 27.4. The van der Waals surface area contributed by atoms with Gasteiger partial charge < -0.3 is 14.6 Å². The molecule has 0 aromatic heterocycles. The Kier molecular flexibility index (Phi) is 11.1. The number of nitroso groups, excluding NO2 is 1. The van der Waals surface area contributed by atoms with E-state index >= 15 is 0 Å². The molecule has 1 heterocycles. The number of ether oxygens (including phenoxy) is 2. The van der Waals surface area contributed by atoms with Crippen LogP contribution in [0.1, 0.15) is 53.3 Å². The van der Waals surface area contributed by atoms with Gasteiger partial charge in [-0.25, -0.2) is 23.5 Å². The Labute approximate surface area is 293 Å². The minimum Gasteiger partial charge on any atom is -0.489 e. The predicted molar refractivity (Wildman–Crippen MR) is 186 cm³/mol. The highest BCUT2D eigenvalue weighted by molar-refractivity contribution is 5.95. The van der Waals surface area contributed by atoms with Crippen molar-refractivity contribution in [2.24, 2.45) is 11.2 Å². The summed E-state index contributed by atoms with van der Waals surface area (Å²) in [4.78, 5) is 41.9. The van der Waals surface area contributed by atoms with Gasteiger partial charge in [-0.3, -0.25) is 4.79 Å². The van der Waals surface area contributed by atoms with Gasteiger partial charge in [-0.2, -0.15) is 0 Å². The third kappa shape index (κ3) is 8.27. The minimum atomic E-state index is -1.18. The number of halogens is 2. The molecule has 1 N–H and O–H groups in total. The van der Waals surface area contributed by atoms with Crippen LogP contribution in [0.15, 0.2) is 139 Å². The molecule has 9 nitrogen and oxygen atoms in total. The van der Waals surface area contributed by atoms with Crippen molar-refractivity contribution in [1.29, 1.82) is 0 Å². The first-order valence-corrected chi connectivity index (χ1v) is 16.5. The summed E-state index contributed by atoms with van der Waals surface area (Å²) >= 11 is 0. The van der Waals surface area contributed by atoms with E-state index in [-0.39, 0.29) is 25.1 Å². The van der Waals surface area contributed by atoms with Crippen molar-refractivity contribution >= 4 is 17.7 Å².